The van der Waals surface area contributed by atoms with E-state index in [4.69, 9.17) is 5.73 Å². The van der Waals surface area contributed by atoms with Crippen LogP contribution in [0, 0.1) is 5.92 Å². The number of aromatic amines is 1. The number of benzene rings is 1. The number of nitrogens with one attached hydrogen (secondary N) is 2. The highest BCUT2D eigenvalue weighted by molar-refractivity contribution is 5.57. The average Bonchev–Trinajstić information content (AvgIpc) is 2.42. The molecule has 0 radical (unpaired) electrons. The molecule has 1 aromatic heterocycles. The minimum Gasteiger partial charge on any atom is -0.399 e. The first-order valence-electron chi connectivity index (χ1n) is 6.86. The van der Waals surface area contributed by atoms with E-state index in [2.05, 4.69) is 22.2 Å². The Hall–Kier alpha value is -2.30. The predicted octanol–water partition coefficient (Wildman–Crippen LogP) is 2.22. The van der Waals surface area contributed by atoms with Crippen molar-refractivity contribution in [2.75, 3.05) is 11.1 Å². The molecular weight excluding hydrogens is 252 g/mol. The van der Waals surface area contributed by atoms with Gasteiger partial charge in [0, 0.05) is 16.9 Å². The summed E-state index contributed by atoms with van der Waals surface area (Å²) in [6, 6.07) is 7.33. The fourth-order valence-electron chi connectivity index (χ4n) is 2.56. The standard InChI is InChI=1S/C15H18N4O/c1-9-2-7-13-12(8-9)14(20)19-15(18-13)17-11-5-3-10(16)4-6-11/h3-6,9H,2,7-8,16H2,1H3,(H2,17,18,19,20). The largest absolute Gasteiger partial charge is 0.399 e. The lowest BCUT2D eigenvalue weighted by Gasteiger charge is -2.20. The molecule has 0 amide bonds. The molecule has 104 valence electrons. The van der Waals surface area contributed by atoms with Gasteiger partial charge in [-0.3, -0.25) is 9.78 Å². The van der Waals surface area contributed by atoms with Crippen molar-refractivity contribution in [3.63, 3.8) is 0 Å². The Morgan fingerprint density at radius 1 is 1.35 bits per heavy atom. The maximum absolute atomic E-state index is 12.1. The van der Waals surface area contributed by atoms with Crippen LogP contribution in [0.25, 0.3) is 0 Å². The second kappa shape index (κ2) is 5.00. The van der Waals surface area contributed by atoms with Crippen LogP contribution in [0.1, 0.15) is 24.6 Å². The van der Waals surface area contributed by atoms with Crippen molar-refractivity contribution in [1.82, 2.24) is 9.97 Å². The number of fused-ring (bicyclic) bond motifs is 1. The van der Waals surface area contributed by atoms with E-state index in [0.29, 0.717) is 17.6 Å². The van der Waals surface area contributed by atoms with Gasteiger partial charge in [0.1, 0.15) is 0 Å². The van der Waals surface area contributed by atoms with E-state index in [1.807, 2.05) is 12.1 Å². The van der Waals surface area contributed by atoms with E-state index in [0.717, 1.165) is 36.2 Å². The van der Waals surface area contributed by atoms with Gasteiger partial charge in [-0.1, -0.05) is 6.92 Å². The van der Waals surface area contributed by atoms with Crippen LogP contribution in [-0.2, 0) is 12.8 Å². The van der Waals surface area contributed by atoms with E-state index in [-0.39, 0.29) is 5.56 Å². The van der Waals surface area contributed by atoms with Crippen LogP contribution >= 0.6 is 0 Å². The fraction of sp³-hybridized carbons (Fsp3) is 0.333. The van der Waals surface area contributed by atoms with Crippen LogP contribution in [0.2, 0.25) is 0 Å². The Balaban J connectivity index is 1.90. The molecule has 3 rings (SSSR count). The van der Waals surface area contributed by atoms with Gasteiger partial charge in [-0.15, -0.1) is 0 Å². The zero-order chi connectivity index (χ0) is 14.1. The molecular formula is C15H18N4O. The van der Waals surface area contributed by atoms with Gasteiger partial charge in [0.25, 0.3) is 5.56 Å². The van der Waals surface area contributed by atoms with Gasteiger partial charge in [0.15, 0.2) is 0 Å². The number of nitrogens with zero attached hydrogens (tertiary/aromatic N) is 1. The first kappa shape index (κ1) is 12.7. The monoisotopic (exact) mass is 270 g/mol. The Kier molecular flexibility index (Phi) is 3.18. The highest BCUT2D eigenvalue weighted by Crippen LogP contribution is 2.22. The lowest BCUT2D eigenvalue weighted by atomic mass is 9.89. The van der Waals surface area contributed by atoms with Gasteiger partial charge < -0.3 is 11.1 Å². The molecule has 0 bridgehead atoms. The zero-order valence-electron chi connectivity index (χ0n) is 11.4. The normalized spacial score (nSPS) is 17.6. The lowest BCUT2D eigenvalue weighted by molar-refractivity contribution is 0.490. The van der Waals surface area contributed by atoms with Crippen LogP contribution < -0.4 is 16.6 Å². The molecule has 0 spiro atoms. The summed E-state index contributed by atoms with van der Waals surface area (Å²) in [6.45, 7) is 2.17. The number of nitrogens with two attached hydrogens (primary N) is 1. The molecule has 1 heterocycles. The van der Waals surface area contributed by atoms with E-state index in [1.165, 1.54) is 0 Å². The van der Waals surface area contributed by atoms with Gasteiger partial charge >= 0.3 is 0 Å². The summed E-state index contributed by atoms with van der Waals surface area (Å²) < 4.78 is 0. The molecule has 20 heavy (non-hydrogen) atoms. The maximum Gasteiger partial charge on any atom is 0.255 e. The van der Waals surface area contributed by atoms with Crippen molar-refractivity contribution in [3.05, 3.63) is 45.9 Å². The topological polar surface area (TPSA) is 83.8 Å². The third-order valence-electron chi connectivity index (χ3n) is 3.70. The predicted molar refractivity (Wildman–Crippen MR) is 80.2 cm³/mol. The average molecular weight is 270 g/mol. The molecule has 5 heteroatoms. The Labute approximate surface area is 117 Å². The SMILES string of the molecule is CC1CCc2nc(Nc3ccc(N)cc3)[nH]c(=O)c2C1. The minimum absolute atomic E-state index is 0.0282. The molecule has 1 unspecified atom stereocenters. The molecule has 5 nitrogen and oxygen atoms in total. The molecule has 0 saturated carbocycles. The van der Waals surface area contributed by atoms with Crippen LogP contribution in [0.3, 0.4) is 0 Å². The summed E-state index contributed by atoms with van der Waals surface area (Å²) in [5.41, 5.74) is 8.94. The lowest BCUT2D eigenvalue weighted by Crippen LogP contribution is -2.25. The second-order valence-corrected chi connectivity index (χ2v) is 5.43. The molecule has 1 atom stereocenters. The fourth-order valence-corrected chi connectivity index (χ4v) is 2.56. The summed E-state index contributed by atoms with van der Waals surface area (Å²) in [6.07, 6.45) is 2.78. The van der Waals surface area contributed by atoms with Gasteiger partial charge in [0.05, 0.1) is 5.69 Å². The molecule has 0 saturated heterocycles. The van der Waals surface area contributed by atoms with Gasteiger partial charge in [0.2, 0.25) is 5.95 Å². The highest BCUT2D eigenvalue weighted by atomic mass is 16.1. The quantitative estimate of drug-likeness (QED) is 0.731. The highest BCUT2D eigenvalue weighted by Gasteiger charge is 2.20. The first-order valence-corrected chi connectivity index (χ1v) is 6.86. The van der Waals surface area contributed by atoms with Crippen molar-refractivity contribution in [3.8, 4) is 0 Å². The van der Waals surface area contributed by atoms with Crippen molar-refractivity contribution in [2.45, 2.75) is 26.2 Å². The molecule has 4 N–H and O–H groups in total. The molecule has 2 aromatic rings. The summed E-state index contributed by atoms with van der Waals surface area (Å²) in [5.74, 6) is 1.05. The van der Waals surface area contributed by atoms with Gasteiger partial charge in [-0.25, -0.2) is 4.98 Å². The van der Waals surface area contributed by atoms with Gasteiger partial charge in [-0.2, -0.15) is 0 Å². The van der Waals surface area contributed by atoms with E-state index in [9.17, 15) is 4.79 Å². The maximum atomic E-state index is 12.1. The number of hydrogen-bond acceptors (Lipinski definition) is 4. The molecule has 0 fully saturated rings. The van der Waals surface area contributed by atoms with Crippen molar-refractivity contribution < 1.29 is 0 Å². The van der Waals surface area contributed by atoms with Crippen LogP contribution in [0.5, 0.6) is 0 Å². The Bertz CT molecular complexity index is 675. The molecule has 1 aliphatic rings. The summed E-state index contributed by atoms with van der Waals surface area (Å²) in [7, 11) is 0. The smallest absolute Gasteiger partial charge is 0.255 e. The number of rotatable bonds is 2. The van der Waals surface area contributed by atoms with Crippen molar-refractivity contribution in [2.24, 2.45) is 5.92 Å². The van der Waals surface area contributed by atoms with Crippen LogP contribution in [0.15, 0.2) is 29.1 Å². The molecule has 1 aromatic carbocycles. The summed E-state index contributed by atoms with van der Waals surface area (Å²) >= 11 is 0. The van der Waals surface area contributed by atoms with Gasteiger partial charge in [-0.05, 0) is 49.4 Å². The van der Waals surface area contributed by atoms with E-state index >= 15 is 0 Å². The van der Waals surface area contributed by atoms with Crippen LogP contribution in [0.4, 0.5) is 17.3 Å². The minimum atomic E-state index is -0.0282. The number of aryl methyl sites for hydroxylation is 1. The van der Waals surface area contributed by atoms with E-state index in [1.54, 1.807) is 12.1 Å². The number of H-pyrrole nitrogens is 1. The Morgan fingerprint density at radius 2 is 2.10 bits per heavy atom. The van der Waals surface area contributed by atoms with Crippen molar-refractivity contribution in [1.29, 1.82) is 0 Å². The summed E-state index contributed by atoms with van der Waals surface area (Å²) in [4.78, 5) is 19.5. The molecule has 1 aliphatic carbocycles. The van der Waals surface area contributed by atoms with E-state index < -0.39 is 0 Å². The number of anilines is 3. The first-order chi connectivity index (χ1) is 9.61. The van der Waals surface area contributed by atoms with Crippen molar-refractivity contribution >= 4 is 17.3 Å². The number of hydrogen-bond donors (Lipinski definition) is 3. The van der Waals surface area contributed by atoms with Crippen LogP contribution in [-0.4, -0.2) is 9.97 Å². The Morgan fingerprint density at radius 3 is 2.85 bits per heavy atom. The number of aromatic nitrogens is 2. The third-order valence-corrected chi connectivity index (χ3v) is 3.70. The summed E-state index contributed by atoms with van der Waals surface area (Å²) in [5, 5.41) is 3.11. The third kappa shape index (κ3) is 2.52. The molecule has 0 aliphatic heterocycles. The second-order valence-electron chi connectivity index (χ2n) is 5.43. The zero-order valence-corrected chi connectivity index (χ0v) is 11.4. The number of nitrogen functional groups attached to an aromatic ring is 1.